The van der Waals surface area contributed by atoms with Gasteiger partial charge in [0.15, 0.2) is 0 Å². The summed E-state index contributed by atoms with van der Waals surface area (Å²) in [5, 5.41) is 21.5. The summed E-state index contributed by atoms with van der Waals surface area (Å²) in [5.41, 5.74) is -2.07. The van der Waals surface area contributed by atoms with Gasteiger partial charge in [0.1, 0.15) is 10.6 Å². The van der Waals surface area contributed by atoms with Gasteiger partial charge in [0, 0.05) is 6.07 Å². The van der Waals surface area contributed by atoms with Crippen molar-refractivity contribution in [2.75, 3.05) is 0 Å². The van der Waals surface area contributed by atoms with Gasteiger partial charge in [-0.3, -0.25) is 14.9 Å². The molecule has 8 heteroatoms. The molecule has 0 fully saturated rings. The fourth-order valence-corrected chi connectivity index (χ4v) is 1.52. The summed E-state index contributed by atoms with van der Waals surface area (Å²) in [6.45, 7) is 2.58. The quantitative estimate of drug-likeness (QED) is 0.648. The Morgan fingerprint density at radius 2 is 2.00 bits per heavy atom. The van der Waals surface area contributed by atoms with Gasteiger partial charge in [-0.15, -0.1) is 0 Å². The van der Waals surface area contributed by atoms with Crippen LogP contribution < -0.4 is 5.32 Å². The van der Waals surface area contributed by atoms with Gasteiger partial charge in [-0.1, -0.05) is 17.7 Å². The number of carbonyl (C=O) groups is 2. The second-order valence-corrected chi connectivity index (χ2v) is 4.66. The van der Waals surface area contributed by atoms with E-state index in [1.165, 1.54) is 26.0 Å². The van der Waals surface area contributed by atoms with Gasteiger partial charge in [0.25, 0.3) is 11.6 Å². The molecule has 0 heterocycles. The number of hydrogen-bond acceptors (Lipinski definition) is 4. The minimum absolute atomic E-state index is 0.148. The standard InChI is InChI=1S/C11H11ClN2O5/c1-11(2,10(16)17)13-9(15)6-4-3-5-7(8(6)12)14(18)19/h3-5H,1-2H3,(H,13,15)(H,16,17). The summed E-state index contributed by atoms with van der Waals surface area (Å²) in [5.74, 6) is -2.02. The maximum absolute atomic E-state index is 11.9. The van der Waals surface area contributed by atoms with Crippen LogP contribution in [0, 0.1) is 10.1 Å². The van der Waals surface area contributed by atoms with Crippen molar-refractivity contribution < 1.29 is 19.6 Å². The van der Waals surface area contributed by atoms with Gasteiger partial charge in [0.05, 0.1) is 10.5 Å². The zero-order valence-corrected chi connectivity index (χ0v) is 10.9. The van der Waals surface area contributed by atoms with Crippen molar-refractivity contribution in [3.8, 4) is 0 Å². The molecule has 0 unspecified atom stereocenters. The molecule has 1 aromatic rings. The highest BCUT2D eigenvalue weighted by molar-refractivity contribution is 6.35. The summed E-state index contributed by atoms with van der Waals surface area (Å²) < 4.78 is 0. The van der Waals surface area contributed by atoms with Crippen LogP contribution in [-0.2, 0) is 4.79 Å². The maximum atomic E-state index is 11.9. The number of carboxylic acids is 1. The number of rotatable bonds is 4. The van der Waals surface area contributed by atoms with Crippen LogP contribution in [0.3, 0.4) is 0 Å². The van der Waals surface area contributed by atoms with Crippen molar-refractivity contribution in [1.29, 1.82) is 0 Å². The van der Waals surface area contributed by atoms with Gasteiger partial charge in [-0.2, -0.15) is 0 Å². The minimum Gasteiger partial charge on any atom is -0.480 e. The first-order valence-corrected chi connectivity index (χ1v) is 5.53. The molecular formula is C11H11ClN2O5. The lowest BCUT2D eigenvalue weighted by atomic mass is 10.0. The van der Waals surface area contributed by atoms with Crippen LogP contribution in [0.25, 0.3) is 0 Å². The Hall–Kier alpha value is -2.15. The Balaban J connectivity index is 3.12. The van der Waals surface area contributed by atoms with Gasteiger partial charge in [-0.05, 0) is 19.9 Å². The molecule has 0 radical (unpaired) electrons. The molecular weight excluding hydrogens is 276 g/mol. The lowest BCUT2D eigenvalue weighted by Gasteiger charge is -2.21. The molecule has 0 aliphatic heterocycles. The number of nitrogens with zero attached hydrogens (tertiary/aromatic N) is 1. The first-order chi connectivity index (χ1) is 8.66. The fourth-order valence-electron chi connectivity index (χ4n) is 1.24. The number of carbonyl (C=O) groups excluding carboxylic acids is 1. The molecule has 2 N–H and O–H groups in total. The number of nitrogens with one attached hydrogen (secondary N) is 1. The average molecular weight is 287 g/mol. The van der Waals surface area contributed by atoms with Crippen LogP contribution >= 0.6 is 11.6 Å². The van der Waals surface area contributed by atoms with Crippen LogP contribution in [-0.4, -0.2) is 27.4 Å². The third kappa shape index (κ3) is 3.19. The average Bonchev–Trinajstić information content (AvgIpc) is 2.27. The van der Waals surface area contributed by atoms with Gasteiger partial charge in [0.2, 0.25) is 0 Å². The number of halogens is 1. The molecule has 0 saturated heterocycles. The number of benzene rings is 1. The van der Waals surface area contributed by atoms with Gasteiger partial charge in [-0.25, -0.2) is 4.79 Å². The second-order valence-electron chi connectivity index (χ2n) is 4.28. The van der Waals surface area contributed by atoms with E-state index in [0.29, 0.717) is 0 Å². The van der Waals surface area contributed by atoms with E-state index in [1.807, 2.05) is 0 Å². The van der Waals surface area contributed by atoms with E-state index in [9.17, 15) is 19.7 Å². The number of hydrogen-bond donors (Lipinski definition) is 2. The van der Waals surface area contributed by atoms with Gasteiger partial charge < -0.3 is 10.4 Å². The third-order valence-corrected chi connectivity index (χ3v) is 2.78. The van der Waals surface area contributed by atoms with Crippen LogP contribution in [0.5, 0.6) is 0 Å². The predicted molar refractivity (Wildman–Crippen MR) is 67.3 cm³/mol. The Bertz CT molecular complexity index is 556. The first kappa shape index (κ1) is 14.9. The monoisotopic (exact) mass is 286 g/mol. The number of amides is 1. The highest BCUT2D eigenvalue weighted by atomic mass is 35.5. The van der Waals surface area contributed by atoms with Gasteiger partial charge >= 0.3 is 5.97 Å². The van der Waals surface area contributed by atoms with E-state index in [2.05, 4.69) is 5.32 Å². The van der Waals surface area contributed by atoms with Crippen LogP contribution in [0.4, 0.5) is 5.69 Å². The molecule has 7 nitrogen and oxygen atoms in total. The lowest BCUT2D eigenvalue weighted by Crippen LogP contribution is -2.49. The molecule has 102 valence electrons. The normalized spacial score (nSPS) is 10.9. The van der Waals surface area contributed by atoms with Crippen molar-refractivity contribution in [3.05, 3.63) is 38.9 Å². The lowest BCUT2D eigenvalue weighted by molar-refractivity contribution is -0.384. The second kappa shape index (κ2) is 5.23. The van der Waals surface area contributed by atoms with E-state index < -0.39 is 28.0 Å². The highest BCUT2D eigenvalue weighted by Crippen LogP contribution is 2.27. The Kier molecular flexibility index (Phi) is 4.10. The first-order valence-electron chi connectivity index (χ1n) is 5.15. The molecule has 0 atom stereocenters. The number of carboxylic acid groups (broad SMARTS) is 1. The molecule has 1 amide bonds. The molecule has 19 heavy (non-hydrogen) atoms. The molecule has 0 spiro atoms. The molecule has 0 saturated carbocycles. The number of nitro benzene ring substituents is 1. The van der Waals surface area contributed by atoms with Crippen LogP contribution in [0.15, 0.2) is 18.2 Å². The Morgan fingerprint density at radius 3 is 2.47 bits per heavy atom. The molecule has 0 bridgehead atoms. The smallest absolute Gasteiger partial charge is 0.328 e. The van der Waals surface area contributed by atoms with Crippen LogP contribution in [0.2, 0.25) is 5.02 Å². The van der Waals surface area contributed by atoms with E-state index in [-0.39, 0.29) is 10.6 Å². The molecule has 0 aromatic heterocycles. The maximum Gasteiger partial charge on any atom is 0.328 e. The third-order valence-electron chi connectivity index (χ3n) is 2.38. The Morgan fingerprint density at radius 1 is 1.42 bits per heavy atom. The number of aliphatic carboxylic acids is 1. The van der Waals surface area contributed by atoms with Crippen molar-refractivity contribution >= 4 is 29.2 Å². The van der Waals surface area contributed by atoms with Crippen LogP contribution in [0.1, 0.15) is 24.2 Å². The van der Waals surface area contributed by atoms with E-state index in [1.54, 1.807) is 0 Å². The van der Waals surface area contributed by atoms with E-state index >= 15 is 0 Å². The van der Waals surface area contributed by atoms with Crippen molar-refractivity contribution in [1.82, 2.24) is 5.32 Å². The summed E-state index contributed by atoms with van der Waals surface area (Å²) in [4.78, 5) is 32.7. The largest absolute Gasteiger partial charge is 0.480 e. The highest BCUT2D eigenvalue weighted by Gasteiger charge is 2.31. The van der Waals surface area contributed by atoms with Crippen molar-refractivity contribution in [3.63, 3.8) is 0 Å². The van der Waals surface area contributed by atoms with Crippen molar-refractivity contribution in [2.24, 2.45) is 0 Å². The summed E-state index contributed by atoms with van der Waals surface area (Å²) in [7, 11) is 0. The number of nitro groups is 1. The SMILES string of the molecule is CC(C)(NC(=O)c1cccc([N+](=O)[O-])c1Cl)C(=O)O. The predicted octanol–water partition coefficient (Wildman–Crippen LogP) is 1.84. The van der Waals surface area contributed by atoms with E-state index in [4.69, 9.17) is 16.7 Å². The molecule has 1 rings (SSSR count). The van der Waals surface area contributed by atoms with E-state index in [0.717, 1.165) is 6.07 Å². The Labute approximate surface area is 113 Å². The fraction of sp³-hybridized carbons (Fsp3) is 0.273. The minimum atomic E-state index is -1.51. The zero-order valence-electron chi connectivity index (χ0n) is 10.1. The van der Waals surface area contributed by atoms with Crippen molar-refractivity contribution in [2.45, 2.75) is 19.4 Å². The molecule has 0 aliphatic carbocycles. The summed E-state index contributed by atoms with van der Waals surface area (Å²) in [6, 6.07) is 3.73. The topological polar surface area (TPSA) is 110 Å². The molecule has 1 aromatic carbocycles. The zero-order chi connectivity index (χ0) is 14.8. The summed E-state index contributed by atoms with van der Waals surface area (Å²) in [6.07, 6.45) is 0. The molecule has 0 aliphatic rings. The summed E-state index contributed by atoms with van der Waals surface area (Å²) >= 11 is 5.76.